The van der Waals surface area contributed by atoms with Gasteiger partial charge in [0.05, 0.1) is 12.2 Å². The van der Waals surface area contributed by atoms with E-state index >= 15 is 0 Å². The predicted octanol–water partition coefficient (Wildman–Crippen LogP) is 2.03. The van der Waals surface area contributed by atoms with Gasteiger partial charge in [-0.25, -0.2) is 0 Å². The Bertz CT molecular complexity index is 453. The molecule has 84 valence electrons. The number of ether oxygens (including phenoxy) is 1. The highest BCUT2D eigenvalue weighted by Crippen LogP contribution is 2.35. The molecule has 2 aliphatic heterocycles. The van der Waals surface area contributed by atoms with Crippen LogP contribution in [0.2, 0.25) is 0 Å². The normalized spacial score (nSPS) is 18.8. The minimum atomic E-state index is 0.220. The van der Waals surface area contributed by atoms with Crippen LogP contribution in [0.25, 0.3) is 0 Å². The Labute approximate surface area is 95.0 Å². The van der Waals surface area contributed by atoms with Crippen LogP contribution in [0, 0.1) is 0 Å². The Kier molecular flexibility index (Phi) is 2.13. The zero-order valence-corrected chi connectivity index (χ0v) is 9.45. The lowest BCUT2D eigenvalue weighted by Crippen LogP contribution is -2.26. The summed E-state index contributed by atoms with van der Waals surface area (Å²) in [6.45, 7) is 1.61. The summed E-state index contributed by atoms with van der Waals surface area (Å²) in [5.74, 6) is 0.987. The van der Waals surface area contributed by atoms with Gasteiger partial charge in [-0.05, 0) is 24.5 Å². The van der Waals surface area contributed by atoms with E-state index in [0.717, 1.165) is 30.7 Å². The number of carbonyl (C=O) groups is 1. The molecule has 0 aromatic heterocycles. The molecular weight excluding hydrogens is 202 g/mol. The van der Waals surface area contributed by atoms with E-state index in [4.69, 9.17) is 4.74 Å². The Morgan fingerprint density at radius 1 is 1.31 bits per heavy atom. The number of rotatable bonds is 0. The molecule has 16 heavy (non-hydrogen) atoms. The number of anilines is 1. The van der Waals surface area contributed by atoms with Gasteiger partial charge in [0.2, 0.25) is 0 Å². The molecule has 0 unspecified atom stereocenters. The second kappa shape index (κ2) is 3.51. The first kappa shape index (κ1) is 9.70. The molecule has 2 heterocycles. The van der Waals surface area contributed by atoms with Crippen molar-refractivity contribution in [1.29, 1.82) is 0 Å². The molecule has 3 rings (SSSR count). The summed E-state index contributed by atoms with van der Waals surface area (Å²) in [5, 5.41) is 0. The lowest BCUT2D eigenvalue weighted by molar-refractivity contribution is 0.0933. The second-order valence-corrected chi connectivity index (χ2v) is 4.52. The number of nitrogens with zero attached hydrogens (tertiary/aromatic N) is 1. The van der Waals surface area contributed by atoms with Crippen LogP contribution >= 0.6 is 0 Å². The van der Waals surface area contributed by atoms with Crippen molar-refractivity contribution < 1.29 is 9.53 Å². The molecule has 0 aliphatic carbocycles. The van der Waals surface area contributed by atoms with Crippen LogP contribution in [-0.2, 0) is 6.42 Å². The highest BCUT2D eigenvalue weighted by atomic mass is 16.5. The van der Waals surface area contributed by atoms with Crippen molar-refractivity contribution in [3.05, 3.63) is 23.3 Å². The summed E-state index contributed by atoms with van der Waals surface area (Å²) in [6, 6.07) is 4.06. The highest BCUT2D eigenvalue weighted by Gasteiger charge is 2.23. The quantitative estimate of drug-likeness (QED) is 0.666. The van der Waals surface area contributed by atoms with Gasteiger partial charge in [0.1, 0.15) is 5.75 Å². The van der Waals surface area contributed by atoms with E-state index < -0.39 is 0 Å². The minimum absolute atomic E-state index is 0.220. The first-order valence-corrected chi connectivity index (χ1v) is 5.80. The lowest BCUT2D eigenvalue weighted by atomic mass is 9.95. The van der Waals surface area contributed by atoms with Crippen molar-refractivity contribution in [2.75, 3.05) is 25.1 Å². The summed E-state index contributed by atoms with van der Waals surface area (Å²) in [4.78, 5) is 14.0. The molecule has 0 saturated carbocycles. The lowest BCUT2D eigenvalue weighted by Gasteiger charge is -2.29. The number of Topliss-reactive ketones (excluding diaryl/α,β-unsaturated/α-hetero) is 1. The third-order valence-electron chi connectivity index (χ3n) is 3.42. The minimum Gasteiger partial charge on any atom is -0.492 e. The molecule has 1 aromatic carbocycles. The van der Waals surface area contributed by atoms with Crippen LogP contribution in [0.3, 0.4) is 0 Å². The number of hydrogen-bond donors (Lipinski definition) is 0. The summed E-state index contributed by atoms with van der Waals surface area (Å²) in [7, 11) is 2.09. The van der Waals surface area contributed by atoms with Gasteiger partial charge < -0.3 is 9.64 Å². The second-order valence-electron chi connectivity index (χ2n) is 4.52. The zero-order valence-electron chi connectivity index (χ0n) is 9.45. The fourth-order valence-corrected chi connectivity index (χ4v) is 2.52. The summed E-state index contributed by atoms with van der Waals surface area (Å²) < 4.78 is 5.56. The molecule has 0 atom stereocenters. The van der Waals surface area contributed by atoms with Gasteiger partial charge in [-0.3, -0.25) is 4.79 Å². The number of hydrogen-bond acceptors (Lipinski definition) is 3. The van der Waals surface area contributed by atoms with Crippen molar-refractivity contribution in [2.24, 2.45) is 0 Å². The standard InChI is InChI=1S/C13H15NO2/c1-14-5-2-3-9-7-10-12(15)4-6-16-13(10)8-11(9)14/h7-8H,2-6H2,1H3. The zero-order chi connectivity index (χ0) is 11.1. The van der Waals surface area contributed by atoms with Crippen LogP contribution in [0.15, 0.2) is 12.1 Å². The smallest absolute Gasteiger partial charge is 0.170 e. The molecule has 3 heteroatoms. The van der Waals surface area contributed by atoms with Gasteiger partial charge in [-0.15, -0.1) is 0 Å². The number of benzene rings is 1. The largest absolute Gasteiger partial charge is 0.492 e. The first-order chi connectivity index (χ1) is 7.75. The number of carbonyl (C=O) groups excluding carboxylic acids is 1. The fourth-order valence-electron chi connectivity index (χ4n) is 2.52. The average Bonchev–Trinajstić information content (AvgIpc) is 2.29. The van der Waals surface area contributed by atoms with Crippen molar-refractivity contribution in [3.63, 3.8) is 0 Å². The van der Waals surface area contributed by atoms with Gasteiger partial charge in [0.25, 0.3) is 0 Å². The Balaban J connectivity index is 2.14. The average molecular weight is 217 g/mol. The van der Waals surface area contributed by atoms with Gasteiger partial charge in [-0.2, -0.15) is 0 Å². The molecule has 0 fully saturated rings. The Hall–Kier alpha value is -1.51. The number of ketones is 1. The monoisotopic (exact) mass is 217 g/mol. The summed E-state index contributed by atoms with van der Waals surface area (Å²) in [6.07, 6.45) is 2.75. The van der Waals surface area contributed by atoms with Crippen molar-refractivity contribution in [1.82, 2.24) is 0 Å². The van der Waals surface area contributed by atoms with Crippen molar-refractivity contribution >= 4 is 11.5 Å². The van der Waals surface area contributed by atoms with Gasteiger partial charge in [0.15, 0.2) is 5.78 Å². The fraction of sp³-hybridized carbons (Fsp3) is 0.462. The molecule has 0 radical (unpaired) electrons. The van der Waals surface area contributed by atoms with Crippen LogP contribution in [0.4, 0.5) is 5.69 Å². The van der Waals surface area contributed by atoms with E-state index in [9.17, 15) is 4.79 Å². The summed E-state index contributed by atoms with van der Waals surface area (Å²) in [5.41, 5.74) is 3.28. The third kappa shape index (κ3) is 1.39. The van der Waals surface area contributed by atoms with E-state index in [1.165, 1.54) is 11.3 Å². The predicted molar refractivity (Wildman–Crippen MR) is 62.5 cm³/mol. The van der Waals surface area contributed by atoms with E-state index in [1.807, 2.05) is 12.1 Å². The maximum absolute atomic E-state index is 11.8. The van der Waals surface area contributed by atoms with Crippen molar-refractivity contribution in [3.8, 4) is 5.75 Å². The first-order valence-electron chi connectivity index (χ1n) is 5.80. The molecule has 1 aromatic rings. The Morgan fingerprint density at radius 3 is 3.06 bits per heavy atom. The molecule has 0 N–H and O–H groups in total. The van der Waals surface area contributed by atoms with E-state index in [1.54, 1.807) is 0 Å². The Morgan fingerprint density at radius 2 is 2.19 bits per heavy atom. The van der Waals surface area contributed by atoms with Gasteiger partial charge in [0, 0.05) is 31.8 Å². The molecule has 0 saturated heterocycles. The van der Waals surface area contributed by atoms with E-state index in [0.29, 0.717) is 13.0 Å². The van der Waals surface area contributed by atoms with E-state index in [2.05, 4.69) is 11.9 Å². The molecule has 0 amide bonds. The maximum atomic E-state index is 11.8. The number of fused-ring (bicyclic) bond motifs is 2. The molecule has 3 nitrogen and oxygen atoms in total. The molecule has 0 spiro atoms. The molecular formula is C13H15NO2. The van der Waals surface area contributed by atoms with Crippen molar-refractivity contribution in [2.45, 2.75) is 19.3 Å². The van der Waals surface area contributed by atoms with Gasteiger partial charge in [-0.1, -0.05) is 0 Å². The van der Waals surface area contributed by atoms with E-state index in [-0.39, 0.29) is 5.78 Å². The van der Waals surface area contributed by atoms with Gasteiger partial charge >= 0.3 is 0 Å². The summed E-state index contributed by atoms with van der Waals surface area (Å²) >= 11 is 0. The third-order valence-corrected chi connectivity index (χ3v) is 3.42. The maximum Gasteiger partial charge on any atom is 0.170 e. The molecule has 2 aliphatic rings. The topological polar surface area (TPSA) is 29.5 Å². The van der Waals surface area contributed by atoms with Crippen LogP contribution in [0.5, 0.6) is 5.75 Å². The number of aryl methyl sites for hydroxylation is 1. The van der Waals surface area contributed by atoms with Crippen LogP contribution < -0.4 is 9.64 Å². The van der Waals surface area contributed by atoms with Crippen LogP contribution in [0.1, 0.15) is 28.8 Å². The van der Waals surface area contributed by atoms with Crippen LogP contribution in [-0.4, -0.2) is 26.0 Å². The highest BCUT2D eigenvalue weighted by molar-refractivity contribution is 6.00. The SMILES string of the molecule is CN1CCCc2cc3c(cc21)OCCC3=O. The molecule has 0 bridgehead atoms.